The molecule has 1 aliphatic carbocycles. The van der Waals surface area contributed by atoms with Crippen LogP contribution in [0.5, 0.6) is 5.75 Å². The summed E-state index contributed by atoms with van der Waals surface area (Å²) < 4.78 is 5.61. The average Bonchev–Trinajstić information content (AvgIpc) is 3.66. The lowest BCUT2D eigenvalue weighted by Crippen LogP contribution is -2.45. The standard InChI is InChI=1S/C25H32N4O3/c1-2-28-12-14-29(15-13-28)17-19-6-10-21(11-7-19)26-24(30)18-32-23-5-3-4-22(16-23)27-25(31)20-8-9-20/h3-7,10-11,16,20H,2,8-9,12-15,17-18H2,1H3,(H,26,30)(H,27,31). The summed E-state index contributed by atoms with van der Waals surface area (Å²) >= 11 is 0. The zero-order chi connectivity index (χ0) is 22.3. The van der Waals surface area contributed by atoms with Crippen LogP contribution in [0.25, 0.3) is 0 Å². The Morgan fingerprint density at radius 3 is 2.34 bits per heavy atom. The molecule has 4 rings (SSSR count). The molecular formula is C25H32N4O3. The minimum absolute atomic E-state index is 0.0477. The number of nitrogens with zero attached hydrogens (tertiary/aromatic N) is 2. The first-order valence-electron chi connectivity index (χ1n) is 11.5. The number of benzene rings is 2. The monoisotopic (exact) mass is 436 g/mol. The van der Waals surface area contributed by atoms with Crippen LogP contribution in [0.3, 0.4) is 0 Å². The maximum Gasteiger partial charge on any atom is 0.262 e. The molecule has 1 aliphatic heterocycles. The maximum absolute atomic E-state index is 12.3. The van der Waals surface area contributed by atoms with E-state index in [1.165, 1.54) is 5.56 Å². The summed E-state index contributed by atoms with van der Waals surface area (Å²) in [4.78, 5) is 29.1. The maximum atomic E-state index is 12.3. The minimum Gasteiger partial charge on any atom is -0.484 e. The molecule has 7 heteroatoms. The molecule has 2 fully saturated rings. The largest absolute Gasteiger partial charge is 0.484 e. The van der Waals surface area contributed by atoms with Crippen LogP contribution in [0.2, 0.25) is 0 Å². The van der Waals surface area contributed by atoms with Gasteiger partial charge in [-0.05, 0) is 49.2 Å². The van der Waals surface area contributed by atoms with Gasteiger partial charge in [0.2, 0.25) is 5.91 Å². The van der Waals surface area contributed by atoms with Crippen molar-refractivity contribution in [2.75, 3.05) is 50.0 Å². The van der Waals surface area contributed by atoms with Crippen LogP contribution < -0.4 is 15.4 Å². The number of hydrogen-bond donors (Lipinski definition) is 2. The van der Waals surface area contributed by atoms with Gasteiger partial charge >= 0.3 is 0 Å². The molecule has 1 saturated carbocycles. The number of nitrogens with one attached hydrogen (secondary N) is 2. The molecule has 2 aromatic carbocycles. The Hall–Kier alpha value is -2.90. The first kappa shape index (κ1) is 22.3. The van der Waals surface area contributed by atoms with E-state index >= 15 is 0 Å². The fraction of sp³-hybridized carbons (Fsp3) is 0.440. The van der Waals surface area contributed by atoms with E-state index in [1.54, 1.807) is 18.2 Å². The van der Waals surface area contributed by atoms with Crippen molar-refractivity contribution < 1.29 is 14.3 Å². The van der Waals surface area contributed by atoms with Gasteiger partial charge in [0.1, 0.15) is 5.75 Å². The number of likely N-dealkylation sites (N-methyl/N-ethyl adjacent to an activating group) is 1. The normalized spacial score (nSPS) is 17.0. The van der Waals surface area contributed by atoms with Crippen molar-refractivity contribution >= 4 is 23.2 Å². The molecular weight excluding hydrogens is 404 g/mol. The molecule has 1 heterocycles. The van der Waals surface area contributed by atoms with Gasteiger partial charge in [-0.25, -0.2) is 0 Å². The number of anilines is 2. The van der Waals surface area contributed by atoms with Crippen molar-refractivity contribution in [1.82, 2.24) is 9.80 Å². The summed E-state index contributed by atoms with van der Waals surface area (Å²) in [5.74, 6) is 0.516. The zero-order valence-corrected chi connectivity index (χ0v) is 18.7. The van der Waals surface area contributed by atoms with Gasteiger partial charge in [-0.15, -0.1) is 0 Å². The van der Waals surface area contributed by atoms with E-state index in [9.17, 15) is 9.59 Å². The highest BCUT2D eigenvalue weighted by Gasteiger charge is 2.29. The number of carbonyl (C=O) groups is 2. The summed E-state index contributed by atoms with van der Waals surface area (Å²) in [7, 11) is 0. The highest BCUT2D eigenvalue weighted by molar-refractivity contribution is 5.94. The Balaban J connectivity index is 1.21. The molecule has 0 spiro atoms. The Morgan fingerprint density at radius 2 is 1.66 bits per heavy atom. The van der Waals surface area contributed by atoms with Crippen LogP contribution in [0, 0.1) is 5.92 Å². The van der Waals surface area contributed by atoms with E-state index in [4.69, 9.17) is 4.74 Å². The molecule has 2 amide bonds. The van der Waals surface area contributed by atoms with Crippen LogP contribution in [0.1, 0.15) is 25.3 Å². The molecule has 2 aliphatic rings. The van der Waals surface area contributed by atoms with Crippen molar-refractivity contribution in [3.8, 4) is 5.75 Å². The van der Waals surface area contributed by atoms with Gasteiger partial charge in [0.25, 0.3) is 5.91 Å². The van der Waals surface area contributed by atoms with Crippen LogP contribution in [0.4, 0.5) is 11.4 Å². The summed E-state index contributed by atoms with van der Waals surface area (Å²) in [5, 5.41) is 5.76. The summed E-state index contributed by atoms with van der Waals surface area (Å²) in [6.07, 6.45) is 1.91. The van der Waals surface area contributed by atoms with Crippen LogP contribution in [-0.2, 0) is 16.1 Å². The summed E-state index contributed by atoms with van der Waals surface area (Å²) in [5.41, 5.74) is 2.68. The number of amides is 2. The zero-order valence-electron chi connectivity index (χ0n) is 18.7. The minimum atomic E-state index is -0.221. The van der Waals surface area contributed by atoms with E-state index in [2.05, 4.69) is 39.5 Å². The number of ether oxygens (including phenoxy) is 1. The van der Waals surface area contributed by atoms with Crippen molar-refractivity contribution in [1.29, 1.82) is 0 Å². The second kappa shape index (κ2) is 10.6. The Kier molecular flexibility index (Phi) is 7.39. The van der Waals surface area contributed by atoms with E-state index in [0.717, 1.165) is 57.8 Å². The molecule has 0 atom stereocenters. The third-order valence-electron chi connectivity index (χ3n) is 5.98. The van der Waals surface area contributed by atoms with E-state index in [-0.39, 0.29) is 24.3 Å². The summed E-state index contributed by atoms with van der Waals surface area (Å²) in [6.45, 7) is 8.60. The molecule has 2 N–H and O–H groups in total. The van der Waals surface area contributed by atoms with Gasteiger partial charge in [0.15, 0.2) is 6.61 Å². The quantitative estimate of drug-likeness (QED) is 0.632. The van der Waals surface area contributed by atoms with Crippen LogP contribution >= 0.6 is 0 Å². The fourth-order valence-corrected chi connectivity index (χ4v) is 3.81. The first-order valence-corrected chi connectivity index (χ1v) is 11.5. The van der Waals surface area contributed by atoms with E-state index in [0.29, 0.717) is 11.4 Å². The SMILES string of the molecule is CCN1CCN(Cc2ccc(NC(=O)COc3cccc(NC(=O)C4CC4)c3)cc2)CC1. The van der Waals surface area contributed by atoms with Crippen molar-refractivity contribution in [3.05, 3.63) is 54.1 Å². The highest BCUT2D eigenvalue weighted by atomic mass is 16.5. The van der Waals surface area contributed by atoms with Gasteiger partial charge in [-0.2, -0.15) is 0 Å². The molecule has 0 unspecified atom stereocenters. The fourth-order valence-electron chi connectivity index (χ4n) is 3.81. The molecule has 0 radical (unpaired) electrons. The Bertz CT molecular complexity index is 919. The number of carbonyl (C=O) groups excluding carboxylic acids is 2. The topological polar surface area (TPSA) is 73.9 Å². The molecule has 0 aromatic heterocycles. The molecule has 32 heavy (non-hydrogen) atoms. The predicted octanol–water partition coefficient (Wildman–Crippen LogP) is 3.19. The molecule has 0 bridgehead atoms. The van der Waals surface area contributed by atoms with Gasteiger partial charge < -0.3 is 20.3 Å². The molecule has 2 aromatic rings. The van der Waals surface area contributed by atoms with Gasteiger partial charge in [0.05, 0.1) is 0 Å². The molecule has 1 saturated heterocycles. The third kappa shape index (κ3) is 6.55. The van der Waals surface area contributed by atoms with E-state index in [1.807, 2.05) is 18.2 Å². The highest BCUT2D eigenvalue weighted by Crippen LogP contribution is 2.30. The van der Waals surface area contributed by atoms with Crippen molar-refractivity contribution in [2.45, 2.75) is 26.3 Å². The molecule has 170 valence electrons. The van der Waals surface area contributed by atoms with Crippen molar-refractivity contribution in [3.63, 3.8) is 0 Å². The summed E-state index contributed by atoms with van der Waals surface area (Å²) in [6, 6.07) is 15.1. The Morgan fingerprint density at radius 1 is 0.938 bits per heavy atom. The van der Waals surface area contributed by atoms with Gasteiger partial charge in [0, 0.05) is 56.1 Å². The lowest BCUT2D eigenvalue weighted by molar-refractivity contribution is -0.118. The number of hydrogen-bond acceptors (Lipinski definition) is 5. The lowest BCUT2D eigenvalue weighted by Gasteiger charge is -2.34. The smallest absolute Gasteiger partial charge is 0.262 e. The third-order valence-corrected chi connectivity index (χ3v) is 5.98. The number of piperazine rings is 1. The lowest BCUT2D eigenvalue weighted by atomic mass is 10.1. The second-order valence-corrected chi connectivity index (χ2v) is 8.54. The predicted molar refractivity (Wildman–Crippen MR) is 126 cm³/mol. The average molecular weight is 437 g/mol. The van der Waals surface area contributed by atoms with Crippen LogP contribution in [0.15, 0.2) is 48.5 Å². The molecule has 7 nitrogen and oxygen atoms in total. The van der Waals surface area contributed by atoms with Gasteiger partial charge in [-0.3, -0.25) is 14.5 Å². The van der Waals surface area contributed by atoms with E-state index < -0.39 is 0 Å². The first-order chi connectivity index (χ1) is 15.6. The Labute approximate surface area is 189 Å². The van der Waals surface area contributed by atoms with Gasteiger partial charge in [-0.1, -0.05) is 25.1 Å². The van der Waals surface area contributed by atoms with Crippen LogP contribution in [-0.4, -0.2) is 60.9 Å². The van der Waals surface area contributed by atoms with Crippen molar-refractivity contribution in [2.24, 2.45) is 5.92 Å². The second-order valence-electron chi connectivity index (χ2n) is 8.54. The number of rotatable bonds is 9.